The highest BCUT2D eigenvalue weighted by molar-refractivity contribution is 8.14. The minimum Gasteiger partial charge on any atom is -0.383 e. The van der Waals surface area contributed by atoms with Crippen LogP contribution in [0.15, 0.2) is 35.3 Å². The summed E-state index contributed by atoms with van der Waals surface area (Å²) in [6, 6.07) is 7.98. The minimum absolute atomic E-state index is 0.345. The first-order chi connectivity index (χ1) is 10.7. The van der Waals surface area contributed by atoms with Crippen molar-refractivity contribution in [1.82, 2.24) is 10.4 Å². The molecule has 2 unspecified atom stereocenters. The Balaban J connectivity index is 1.84. The van der Waals surface area contributed by atoms with Crippen LogP contribution in [-0.2, 0) is 4.74 Å². The number of benzene rings is 1. The molecule has 118 valence electrons. The Bertz CT molecular complexity index is 605. The number of amidine groups is 1. The predicted octanol–water partition coefficient (Wildman–Crippen LogP) is 3.60. The third-order valence-corrected chi connectivity index (χ3v) is 5.45. The van der Waals surface area contributed by atoms with Gasteiger partial charge >= 0.3 is 0 Å². The highest BCUT2D eigenvalue weighted by Crippen LogP contribution is 2.44. The predicted molar refractivity (Wildman–Crippen MR) is 93.7 cm³/mol. The Morgan fingerprint density at radius 2 is 2.23 bits per heavy atom. The fourth-order valence-corrected chi connectivity index (χ4v) is 4.22. The summed E-state index contributed by atoms with van der Waals surface area (Å²) in [6.45, 7) is 3.53. The lowest BCUT2D eigenvalue weighted by atomic mass is 10.1. The standard InChI is InChI=1S/C16H20ClN3OS/c1-3-11-10-14(12-6-4-5-7-13(12)17)20-15(11)22-16(19-20)18-8-9-21-2/h4-7,10-11,15H,3,8-9H2,1-2H3,(H,18,19). The van der Waals surface area contributed by atoms with E-state index >= 15 is 0 Å². The number of rotatable bonds is 5. The van der Waals surface area contributed by atoms with Crippen molar-refractivity contribution in [3.63, 3.8) is 0 Å². The molecule has 0 saturated carbocycles. The lowest BCUT2D eigenvalue weighted by molar-refractivity contribution is 0.208. The molecule has 3 rings (SSSR count). The van der Waals surface area contributed by atoms with Crippen molar-refractivity contribution >= 4 is 34.2 Å². The van der Waals surface area contributed by atoms with Crippen LogP contribution in [0.1, 0.15) is 18.9 Å². The summed E-state index contributed by atoms with van der Waals surface area (Å²) in [5, 5.41) is 4.28. The number of methoxy groups -OCH3 is 1. The van der Waals surface area contributed by atoms with E-state index in [2.05, 4.69) is 34.5 Å². The Morgan fingerprint density at radius 1 is 1.41 bits per heavy atom. The number of thioether (sulfide) groups is 1. The third-order valence-electron chi connectivity index (χ3n) is 3.87. The molecule has 0 aliphatic carbocycles. The fourth-order valence-electron chi connectivity index (χ4n) is 2.72. The van der Waals surface area contributed by atoms with E-state index in [-0.39, 0.29) is 0 Å². The molecule has 1 fully saturated rings. The van der Waals surface area contributed by atoms with Crippen LogP contribution in [0.25, 0.3) is 5.70 Å². The summed E-state index contributed by atoms with van der Waals surface area (Å²) < 4.78 is 5.06. The van der Waals surface area contributed by atoms with Gasteiger partial charge in [-0.3, -0.25) is 15.4 Å². The molecule has 0 aromatic heterocycles. The van der Waals surface area contributed by atoms with Gasteiger partial charge in [-0.2, -0.15) is 0 Å². The molecular formula is C16H20ClN3OS. The van der Waals surface area contributed by atoms with E-state index in [9.17, 15) is 0 Å². The first-order valence-electron chi connectivity index (χ1n) is 7.47. The molecule has 2 atom stereocenters. The molecule has 0 bridgehead atoms. The summed E-state index contributed by atoms with van der Waals surface area (Å²) >= 11 is 8.16. The summed E-state index contributed by atoms with van der Waals surface area (Å²) in [7, 11) is 1.69. The van der Waals surface area contributed by atoms with Crippen molar-refractivity contribution in [2.75, 3.05) is 20.3 Å². The zero-order valence-electron chi connectivity index (χ0n) is 12.8. The Hall–Kier alpha value is -1.17. The number of ether oxygens (including phenoxy) is 1. The van der Waals surface area contributed by atoms with Crippen LogP contribution in [0.3, 0.4) is 0 Å². The van der Waals surface area contributed by atoms with E-state index in [0.717, 1.165) is 27.9 Å². The smallest absolute Gasteiger partial charge is 0.177 e. The molecule has 0 amide bonds. The zero-order valence-corrected chi connectivity index (χ0v) is 14.3. The molecule has 2 heterocycles. The molecule has 1 saturated heterocycles. The topological polar surface area (TPSA) is 36.9 Å². The van der Waals surface area contributed by atoms with Crippen LogP contribution in [0, 0.1) is 5.92 Å². The maximum absolute atomic E-state index is 6.38. The normalized spacial score (nSPS) is 25.3. The molecule has 0 radical (unpaired) electrons. The van der Waals surface area contributed by atoms with E-state index < -0.39 is 0 Å². The first kappa shape index (κ1) is 15.7. The number of hydrogen-bond donors (Lipinski definition) is 1. The lowest BCUT2D eigenvalue weighted by Crippen LogP contribution is -2.35. The molecule has 2 aliphatic heterocycles. The van der Waals surface area contributed by atoms with Gasteiger partial charge in [-0.05, 0) is 12.5 Å². The number of nitrogens with zero attached hydrogens (tertiary/aromatic N) is 2. The second-order valence-corrected chi connectivity index (χ2v) is 6.79. The average molecular weight is 338 g/mol. The van der Waals surface area contributed by atoms with Crippen LogP contribution >= 0.6 is 23.4 Å². The molecule has 22 heavy (non-hydrogen) atoms. The average Bonchev–Trinajstić information content (AvgIpc) is 3.07. The zero-order chi connectivity index (χ0) is 15.5. The van der Waals surface area contributed by atoms with Crippen molar-refractivity contribution in [3.8, 4) is 0 Å². The molecule has 1 aromatic carbocycles. The third kappa shape index (κ3) is 2.98. The largest absolute Gasteiger partial charge is 0.383 e. The number of fused-ring (bicyclic) bond motifs is 1. The van der Waals surface area contributed by atoms with Crippen molar-refractivity contribution in [2.45, 2.75) is 18.7 Å². The Kier molecular flexibility index (Phi) is 4.96. The number of nitrogens with one attached hydrogen (secondary N) is 1. The highest BCUT2D eigenvalue weighted by atomic mass is 35.5. The van der Waals surface area contributed by atoms with Gasteiger partial charge in [0.2, 0.25) is 0 Å². The number of hydrogen-bond acceptors (Lipinski definition) is 4. The van der Waals surface area contributed by atoms with Crippen molar-refractivity contribution in [3.05, 3.63) is 40.9 Å². The molecule has 6 heteroatoms. The van der Waals surface area contributed by atoms with Crippen LogP contribution in [0.4, 0.5) is 0 Å². The molecule has 4 nitrogen and oxygen atoms in total. The van der Waals surface area contributed by atoms with Gasteiger partial charge in [0.05, 0.1) is 18.8 Å². The lowest BCUT2D eigenvalue weighted by Gasteiger charge is -2.23. The van der Waals surface area contributed by atoms with Crippen LogP contribution in [0.2, 0.25) is 5.02 Å². The SMILES string of the molecule is CCC1C=C(c2ccccc2Cl)N2NC(=NCCOC)SC12. The van der Waals surface area contributed by atoms with Gasteiger partial charge in [-0.25, -0.2) is 0 Å². The monoisotopic (exact) mass is 337 g/mol. The first-order valence-corrected chi connectivity index (χ1v) is 8.73. The summed E-state index contributed by atoms with van der Waals surface area (Å²) in [4.78, 5) is 4.56. The number of aliphatic imine (C=N–C) groups is 1. The van der Waals surface area contributed by atoms with E-state index in [1.165, 1.54) is 0 Å². The number of halogens is 1. The van der Waals surface area contributed by atoms with Gasteiger partial charge in [-0.1, -0.05) is 54.6 Å². The molecular weight excluding hydrogens is 318 g/mol. The van der Waals surface area contributed by atoms with Crippen LogP contribution < -0.4 is 5.43 Å². The second-order valence-electron chi connectivity index (χ2n) is 5.27. The van der Waals surface area contributed by atoms with Gasteiger partial charge in [0.15, 0.2) is 5.17 Å². The second kappa shape index (κ2) is 6.94. The van der Waals surface area contributed by atoms with Gasteiger partial charge in [0.25, 0.3) is 0 Å². The fraction of sp³-hybridized carbons (Fsp3) is 0.438. The summed E-state index contributed by atoms with van der Waals surface area (Å²) in [5.41, 5.74) is 5.63. The molecule has 1 N–H and O–H groups in total. The summed E-state index contributed by atoms with van der Waals surface area (Å²) in [6.07, 6.45) is 3.41. The van der Waals surface area contributed by atoms with E-state index in [1.807, 2.05) is 18.2 Å². The quantitative estimate of drug-likeness (QED) is 0.833. The van der Waals surface area contributed by atoms with Crippen LogP contribution in [-0.4, -0.2) is 35.8 Å². The van der Waals surface area contributed by atoms with Crippen molar-refractivity contribution in [1.29, 1.82) is 0 Å². The van der Waals surface area contributed by atoms with E-state index in [0.29, 0.717) is 24.4 Å². The summed E-state index contributed by atoms with van der Waals surface area (Å²) in [5.74, 6) is 0.485. The maximum Gasteiger partial charge on any atom is 0.177 e. The Morgan fingerprint density at radius 3 is 2.95 bits per heavy atom. The molecule has 0 spiro atoms. The Labute approximate surface area is 140 Å². The number of hydrazine groups is 1. The van der Waals surface area contributed by atoms with Gasteiger partial charge in [0, 0.05) is 23.6 Å². The van der Waals surface area contributed by atoms with Crippen molar-refractivity contribution < 1.29 is 4.74 Å². The van der Waals surface area contributed by atoms with Gasteiger partial charge in [-0.15, -0.1) is 0 Å². The van der Waals surface area contributed by atoms with E-state index in [4.69, 9.17) is 16.3 Å². The molecule has 2 aliphatic rings. The minimum atomic E-state index is 0.345. The van der Waals surface area contributed by atoms with Gasteiger partial charge in [0.1, 0.15) is 5.37 Å². The van der Waals surface area contributed by atoms with E-state index in [1.54, 1.807) is 18.9 Å². The maximum atomic E-state index is 6.38. The van der Waals surface area contributed by atoms with Gasteiger partial charge < -0.3 is 4.74 Å². The highest BCUT2D eigenvalue weighted by Gasteiger charge is 2.41. The van der Waals surface area contributed by atoms with Crippen molar-refractivity contribution in [2.24, 2.45) is 10.9 Å². The van der Waals surface area contributed by atoms with Crippen LogP contribution in [0.5, 0.6) is 0 Å². The molecule has 1 aromatic rings.